The third-order valence-corrected chi connectivity index (χ3v) is 3.76. The lowest BCUT2D eigenvalue weighted by atomic mass is 10.1. The second kappa shape index (κ2) is 10.6. The zero-order chi connectivity index (χ0) is 17.2. The van der Waals surface area contributed by atoms with E-state index in [1.165, 1.54) is 11.8 Å². The minimum Gasteiger partial charge on any atom is -0.496 e. The van der Waals surface area contributed by atoms with Crippen LogP contribution in [0.4, 0.5) is 0 Å². The summed E-state index contributed by atoms with van der Waals surface area (Å²) in [4.78, 5) is 0. The van der Waals surface area contributed by atoms with Crippen LogP contribution in [0.5, 0.6) is 5.75 Å². The highest BCUT2D eigenvalue weighted by molar-refractivity contribution is 9.10. The maximum atomic E-state index is 5.73. The van der Waals surface area contributed by atoms with Gasteiger partial charge in [0.2, 0.25) is 6.29 Å². The fourth-order valence-electron chi connectivity index (χ4n) is 1.76. The van der Waals surface area contributed by atoms with Crippen molar-refractivity contribution < 1.29 is 14.2 Å². The van der Waals surface area contributed by atoms with Crippen LogP contribution in [0.15, 0.2) is 32.9 Å². The molecule has 128 valence electrons. The Morgan fingerprint density at radius 2 is 1.91 bits per heavy atom. The summed E-state index contributed by atoms with van der Waals surface area (Å²) in [5.41, 5.74) is 6.97. The van der Waals surface area contributed by atoms with Crippen LogP contribution >= 0.6 is 27.7 Å². The van der Waals surface area contributed by atoms with Gasteiger partial charge in [0.15, 0.2) is 5.17 Å². The molecule has 0 aliphatic heterocycles. The van der Waals surface area contributed by atoms with Gasteiger partial charge in [-0.2, -0.15) is 0 Å². The number of halogens is 1. The van der Waals surface area contributed by atoms with E-state index in [2.05, 4.69) is 26.1 Å². The number of hydrogen-bond acceptors (Lipinski definition) is 6. The molecule has 1 rings (SSSR count). The molecule has 0 saturated carbocycles. The Bertz CT molecular complexity index is 561. The molecule has 1 aromatic carbocycles. The van der Waals surface area contributed by atoms with E-state index in [1.807, 2.05) is 38.3 Å². The van der Waals surface area contributed by atoms with E-state index in [9.17, 15) is 0 Å². The van der Waals surface area contributed by atoms with Crippen molar-refractivity contribution in [3.63, 3.8) is 0 Å². The summed E-state index contributed by atoms with van der Waals surface area (Å²) in [5, 5.41) is 8.63. The summed E-state index contributed by atoms with van der Waals surface area (Å²) in [6.07, 6.45) is 1.18. The Kier molecular flexibility index (Phi) is 9.23. The number of nitrogens with zero attached hydrogens (tertiary/aromatic N) is 2. The summed E-state index contributed by atoms with van der Waals surface area (Å²) >= 11 is 4.74. The molecule has 8 heteroatoms. The van der Waals surface area contributed by atoms with Crippen molar-refractivity contribution in [1.82, 2.24) is 0 Å². The van der Waals surface area contributed by atoms with Crippen LogP contribution in [0, 0.1) is 0 Å². The van der Waals surface area contributed by atoms with Gasteiger partial charge in [0.05, 0.1) is 7.11 Å². The minimum absolute atomic E-state index is 0.352. The molecule has 1 aromatic rings. The number of amidine groups is 1. The molecule has 0 saturated heterocycles. The van der Waals surface area contributed by atoms with Crippen LogP contribution in [0.1, 0.15) is 19.4 Å². The van der Waals surface area contributed by atoms with Gasteiger partial charge in [-0.3, -0.25) is 0 Å². The molecule has 0 fully saturated rings. The van der Waals surface area contributed by atoms with Gasteiger partial charge in [-0.05, 0) is 38.3 Å². The number of thioether (sulfide) groups is 1. The molecule has 0 amide bonds. The van der Waals surface area contributed by atoms with Gasteiger partial charge >= 0.3 is 0 Å². The van der Waals surface area contributed by atoms with E-state index in [0.717, 1.165) is 10.0 Å². The van der Waals surface area contributed by atoms with Crippen molar-refractivity contribution >= 4 is 38.6 Å². The second-order valence-electron chi connectivity index (χ2n) is 4.21. The summed E-state index contributed by atoms with van der Waals surface area (Å²) in [6.45, 7) is 4.73. The third-order valence-electron chi connectivity index (χ3n) is 2.76. The van der Waals surface area contributed by atoms with E-state index in [4.69, 9.17) is 19.9 Å². The van der Waals surface area contributed by atoms with Gasteiger partial charge in [-0.15, -0.1) is 10.2 Å². The number of methoxy groups -OCH3 is 1. The van der Waals surface area contributed by atoms with Gasteiger partial charge in [-0.25, -0.2) is 0 Å². The topological polar surface area (TPSA) is 78.4 Å². The van der Waals surface area contributed by atoms with E-state index in [1.54, 1.807) is 7.11 Å². The molecule has 23 heavy (non-hydrogen) atoms. The van der Waals surface area contributed by atoms with Crippen LogP contribution in [-0.2, 0) is 9.47 Å². The van der Waals surface area contributed by atoms with Crippen LogP contribution in [-0.4, -0.2) is 43.7 Å². The molecule has 2 N–H and O–H groups in total. The fraction of sp³-hybridized carbons (Fsp3) is 0.467. The number of ether oxygens (including phenoxy) is 3. The summed E-state index contributed by atoms with van der Waals surface area (Å²) in [5.74, 6) is 0.639. The molecule has 0 aliphatic carbocycles. The van der Waals surface area contributed by atoms with Crippen molar-refractivity contribution in [2.24, 2.45) is 15.9 Å². The van der Waals surface area contributed by atoms with Crippen molar-refractivity contribution in [2.75, 3.05) is 26.6 Å². The van der Waals surface area contributed by atoms with E-state index in [-0.39, 0.29) is 0 Å². The average Bonchev–Trinajstić information content (AvgIpc) is 2.55. The van der Waals surface area contributed by atoms with Gasteiger partial charge in [0.1, 0.15) is 11.5 Å². The van der Waals surface area contributed by atoms with Crippen molar-refractivity contribution in [3.05, 3.63) is 28.2 Å². The Morgan fingerprint density at radius 1 is 1.26 bits per heavy atom. The maximum absolute atomic E-state index is 5.73. The molecule has 0 aliphatic rings. The molecule has 0 heterocycles. The van der Waals surface area contributed by atoms with E-state index in [0.29, 0.717) is 29.8 Å². The predicted octanol–water partition coefficient (Wildman–Crippen LogP) is 3.24. The first-order chi connectivity index (χ1) is 11.1. The molecule has 6 nitrogen and oxygen atoms in total. The molecule has 0 unspecified atom stereocenters. The van der Waals surface area contributed by atoms with Gasteiger partial charge in [0, 0.05) is 23.2 Å². The molecule has 0 spiro atoms. The first-order valence-electron chi connectivity index (χ1n) is 7.09. The van der Waals surface area contributed by atoms with Crippen LogP contribution in [0.3, 0.4) is 0 Å². The number of hydrogen-bond donors (Lipinski definition) is 1. The zero-order valence-electron chi connectivity index (χ0n) is 13.7. The lowest BCUT2D eigenvalue weighted by Crippen LogP contribution is -2.29. The molecule has 0 bridgehead atoms. The quantitative estimate of drug-likeness (QED) is 0.312. The highest BCUT2D eigenvalue weighted by atomic mass is 79.9. The van der Waals surface area contributed by atoms with Crippen molar-refractivity contribution in [2.45, 2.75) is 20.1 Å². The molecule has 0 radical (unpaired) electrons. The normalized spacial score (nSPS) is 12.8. The highest BCUT2D eigenvalue weighted by Crippen LogP contribution is 2.26. The zero-order valence-corrected chi connectivity index (χ0v) is 16.1. The fourth-order valence-corrected chi connectivity index (χ4v) is 2.22. The molecule has 0 aromatic heterocycles. The second-order valence-corrected chi connectivity index (χ2v) is 5.96. The van der Waals surface area contributed by atoms with Gasteiger partial charge in [-0.1, -0.05) is 27.7 Å². The van der Waals surface area contributed by atoms with E-state index >= 15 is 0 Å². The molecular weight excluding hydrogens is 382 g/mol. The minimum atomic E-state index is -0.654. The maximum Gasteiger partial charge on any atom is 0.203 e. The van der Waals surface area contributed by atoms with Crippen LogP contribution in [0.25, 0.3) is 0 Å². The summed E-state index contributed by atoms with van der Waals surface area (Å²) < 4.78 is 17.7. The Hall–Kier alpha value is -1.09. The Labute approximate surface area is 149 Å². The highest BCUT2D eigenvalue weighted by Gasteiger charge is 2.22. The number of rotatable bonds is 8. The average molecular weight is 404 g/mol. The predicted molar refractivity (Wildman–Crippen MR) is 99.4 cm³/mol. The summed E-state index contributed by atoms with van der Waals surface area (Å²) in [6, 6.07) is 5.61. The van der Waals surface area contributed by atoms with Crippen molar-refractivity contribution in [3.8, 4) is 5.75 Å². The van der Waals surface area contributed by atoms with Crippen LogP contribution in [0.2, 0.25) is 0 Å². The SMILES string of the molecule is CCOC(OCC)/C(=N/N=C(/N)SC)c1ccc(Br)cc1OC. The monoisotopic (exact) mass is 403 g/mol. The first-order valence-corrected chi connectivity index (χ1v) is 9.11. The molecule has 0 atom stereocenters. The number of benzene rings is 1. The summed E-state index contributed by atoms with van der Waals surface area (Å²) in [7, 11) is 1.60. The largest absolute Gasteiger partial charge is 0.496 e. The standard InChI is InChI=1S/C15H22BrN3O3S/c1-5-21-14(22-6-2)13(18-19-15(17)23-4)11-8-7-10(16)9-12(11)20-3/h7-9,14H,5-6H2,1-4H3,(H2,17,19)/b18-13+. The third kappa shape index (κ3) is 6.14. The van der Waals surface area contributed by atoms with Crippen LogP contribution < -0.4 is 10.5 Å². The first kappa shape index (κ1) is 20.0. The Balaban J connectivity index is 3.38. The number of nitrogens with two attached hydrogens (primary N) is 1. The molecular formula is C15H22BrN3O3S. The lowest BCUT2D eigenvalue weighted by molar-refractivity contribution is -0.0897. The van der Waals surface area contributed by atoms with Crippen molar-refractivity contribution in [1.29, 1.82) is 0 Å². The van der Waals surface area contributed by atoms with Gasteiger partial charge in [0.25, 0.3) is 0 Å². The Morgan fingerprint density at radius 3 is 2.43 bits per heavy atom. The smallest absolute Gasteiger partial charge is 0.203 e. The lowest BCUT2D eigenvalue weighted by Gasteiger charge is -2.20. The van der Waals surface area contributed by atoms with Gasteiger partial charge < -0.3 is 19.9 Å². The van der Waals surface area contributed by atoms with E-state index < -0.39 is 6.29 Å².